The van der Waals surface area contributed by atoms with Crippen LogP contribution >= 0.6 is 0 Å². The molecular weight excluding hydrogens is 418 g/mol. The molecule has 3 aliphatic rings. The predicted octanol–water partition coefficient (Wildman–Crippen LogP) is 3.00. The maximum Gasteiger partial charge on any atom is 0.317 e. The second-order valence-electron chi connectivity index (χ2n) is 9.84. The zero-order valence-electron chi connectivity index (χ0n) is 19.3. The summed E-state index contributed by atoms with van der Waals surface area (Å²) < 4.78 is 2.02. The highest BCUT2D eigenvalue weighted by molar-refractivity contribution is 5.97. The summed E-state index contributed by atoms with van der Waals surface area (Å²) in [4.78, 5) is 34.1. The van der Waals surface area contributed by atoms with Gasteiger partial charge in [-0.05, 0) is 62.6 Å². The highest BCUT2D eigenvalue weighted by Gasteiger charge is 2.36. The number of urea groups is 1. The van der Waals surface area contributed by atoms with Gasteiger partial charge in [-0.25, -0.2) is 9.78 Å². The molecule has 1 aromatic carbocycles. The minimum absolute atomic E-state index is 0.0817. The molecule has 2 N–H and O–H groups in total. The number of aliphatic hydroxyl groups excluding tert-OH is 1. The fourth-order valence-corrected chi connectivity index (χ4v) is 5.88. The van der Waals surface area contributed by atoms with Gasteiger partial charge in [0.05, 0.1) is 23.5 Å². The maximum absolute atomic E-state index is 13.3. The molecule has 8 heteroatoms. The van der Waals surface area contributed by atoms with Crippen molar-refractivity contribution >= 4 is 23.0 Å². The van der Waals surface area contributed by atoms with E-state index in [9.17, 15) is 14.7 Å². The van der Waals surface area contributed by atoms with Gasteiger partial charge in [-0.2, -0.15) is 0 Å². The zero-order valence-corrected chi connectivity index (χ0v) is 19.3. The van der Waals surface area contributed by atoms with Gasteiger partial charge in [-0.15, -0.1) is 0 Å². The third-order valence-corrected chi connectivity index (χ3v) is 7.75. The Labute approximate surface area is 194 Å². The fourth-order valence-electron chi connectivity index (χ4n) is 5.88. The number of aliphatic hydroxyl groups is 1. The SMILES string of the molecule is O=C(NCCn1cnc2cc(C(=O)N3CCCC4CCCCC43)ccc21)N1CCC(O)CC1. The molecule has 0 spiro atoms. The average Bonchev–Trinajstić information content (AvgIpc) is 3.26. The first-order valence-corrected chi connectivity index (χ1v) is 12.6. The van der Waals surface area contributed by atoms with E-state index in [2.05, 4.69) is 15.2 Å². The smallest absolute Gasteiger partial charge is 0.317 e. The summed E-state index contributed by atoms with van der Waals surface area (Å²) >= 11 is 0. The minimum Gasteiger partial charge on any atom is -0.393 e. The molecule has 3 amide bonds. The summed E-state index contributed by atoms with van der Waals surface area (Å²) in [6, 6.07) is 6.14. The van der Waals surface area contributed by atoms with Gasteiger partial charge in [0.25, 0.3) is 5.91 Å². The Hall–Kier alpha value is -2.61. The van der Waals surface area contributed by atoms with E-state index in [0.717, 1.165) is 36.0 Å². The number of imidazole rings is 1. The van der Waals surface area contributed by atoms with Crippen molar-refractivity contribution in [3.63, 3.8) is 0 Å². The minimum atomic E-state index is -0.290. The van der Waals surface area contributed by atoms with Crippen molar-refractivity contribution in [1.29, 1.82) is 0 Å². The van der Waals surface area contributed by atoms with E-state index >= 15 is 0 Å². The van der Waals surface area contributed by atoms with E-state index in [4.69, 9.17) is 0 Å². The van der Waals surface area contributed by atoms with Crippen LogP contribution in [0.25, 0.3) is 11.0 Å². The first-order chi connectivity index (χ1) is 16.1. The molecule has 1 saturated carbocycles. The van der Waals surface area contributed by atoms with Gasteiger partial charge in [0, 0.05) is 44.3 Å². The number of piperidine rings is 2. The van der Waals surface area contributed by atoms with Crippen LogP contribution in [-0.2, 0) is 6.54 Å². The van der Waals surface area contributed by atoms with Gasteiger partial charge in [0.2, 0.25) is 0 Å². The van der Waals surface area contributed by atoms with Crippen LogP contribution in [0, 0.1) is 5.92 Å². The van der Waals surface area contributed by atoms with Gasteiger partial charge in [-0.1, -0.05) is 12.8 Å². The molecule has 2 aromatic rings. The lowest BCUT2D eigenvalue weighted by molar-refractivity contribution is 0.0391. The highest BCUT2D eigenvalue weighted by atomic mass is 16.3. The number of benzene rings is 1. The number of hydrogen-bond acceptors (Lipinski definition) is 4. The molecule has 2 aliphatic heterocycles. The van der Waals surface area contributed by atoms with Crippen LogP contribution in [0.4, 0.5) is 4.79 Å². The number of nitrogens with zero attached hydrogens (tertiary/aromatic N) is 4. The van der Waals surface area contributed by atoms with E-state index in [1.165, 1.54) is 25.7 Å². The lowest BCUT2D eigenvalue weighted by Gasteiger charge is -2.44. The molecule has 1 aliphatic carbocycles. The Morgan fingerprint density at radius 2 is 1.82 bits per heavy atom. The lowest BCUT2D eigenvalue weighted by atomic mass is 9.78. The number of carbonyl (C=O) groups excluding carboxylic acids is 2. The van der Waals surface area contributed by atoms with Crippen LogP contribution in [0.1, 0.15) is 61.7 Å². The van der Waals surface area contributed by atoms with Crippen molar-refractivity contribution in [1.82, 2.24) is 24.7 Å². The standard InChI is InChI=1S/C25H35N5O3/c31-20-9-13-28(14-10-20)25(33)26-11-15-29-17-27-21-16-19(7-8-23(21)29)24(32)30-12-3-5-18-4-1-2-6-22(18)30/h7-8,16-18,20,22,31H,1-6,9-15H2,(H,26,33). The Morgan fingerprint density at radius 3 is 2.67 bits per heavy atom. The molecule has 3 fully saturated rings. The first kappa shape index (κ1) is 22.2. The number of hydrogen-bond donors (Lipinski definition) is 2. The molecule has 33 heavy (non-hydrogen) atoms. The van der Waals surface area contributed by atoms with Crippen molar-refractivity contribution in [3.05, 3.63) is 30.1 Å². The Morgan fingerprint density at radius 1 is 1.03 bits per heavy atom. The molecule has 2 saturated heterocycles. The van der Waals surface area contributed by atoms with Crippen LogP contribution in [-0.4, -0.2) is 74.7 Å². The zero-order chi connectivity index (χ0) is 22.8. The Kier molecular flexibility index (Phi) is 6.53. The molecule has 1 aromatic heterocycles. The lowest BCUT2D eigenvalue weighted by Crippen LogP contribution is -2.49. The second kappa shape index (κ2) is 9.71. The van der Waals surface area contributed by atoms with E-state index in [0.29, 0.717) is 51.0 Å². The fraction of sp³-hybridized carbons (Fsp3) is 0.640. The molecular formula is C25H35N5O3. The van der Waals surface area contributed by atoms with Gasteiger partial charge in [0.15, 0.2) is 0 Å². The van der Waals surface area contributed by atoms with Crippen molar-refractivity contribution < 1.29 is 14.7 Å². The van der Waals surface area contributed by atoms with Crippen LogP contribution in [0.3, 0.4) is 0 Å². The average molecular weight is 454 g/mol. The third kappa shape index (κ3) is 4.71. The third-order valence-electron chi connectivity index (χ3n) is 7.75. The summed E-state index contributed by atoms with van der Waals surface area (Å²) in [6.07, 6.45) is 10.0. The van der Waals surface area contributed by atoms with Crippen molar-refractivity contribution in [2.45, 2.75) is 70.1 Å². The summed E-state index contributed by atoms with van der Waals surface area (Å²) in [5, 5.41) is 12.6. The molecule has 178 valence electrons. The number of rotatable bonds is 4. The van der Waals surface area contributed by atoms with Crippen molar-refractivity contribution in [3.8, 4) is 0 Å². The van der Waals surface area contributed by atoms with Crippen molar-refractivity contribution in [2.75, 3.05) is 26.2 Å². The predicted molar refractivity (Wildman–Crippen MR) is 126 cm³/mol. The van der Waals surface area contributed by atoms with Gasteiger partial charge >= 0.3 is 6.03 Å². The number of nitrogens with one attached hydrogen (secondary N) is 1. The quantitative estimate of drug-likeness (QED) is 0.745. The number of aromatic nitrogens is 2. The number of likely N-dealkylation sites (tertiary alicyclic amines) is 2. The maximum atomic E-state index is 13.3. The van der Waals surface area contributed by atoms with Crippen molar-refractivity contribution in [2.24, 2.45) is 5.92 Å². The Balaban J connectivity index is 1.20. The number of carbonyl (C=O) groups is 2. The van der Waals surface area contributed by atoms with Crippen LogP contribution in [0.2, 0.25) is 0 Å². The van der Waals surface area contributed by atoms with Gasteiger partial charge in [-0.3, -0.25) is 4.79 Å². The van der Waals surface area contributed by atoms with E-state index < -0.39 is 0 Å². The monoisotopic (exact) mass is 453 g/mol. The van der Waals surface area contributed by atoms with Gasteiger partial charge in [0.1, 0.15) is 0 Å². The second-order valence-corrected chi connectivity index (χ2v) is 9.84. The van der Waals surface area contributed by atoms with Crippen LogP contribution in [0.15, 0.2) is 24.5 Å². The number of amides is 3. The molecule has 0 radical (unpaired) electrons. The molecule has 8 nitrogen and oxygen atoms in total. The van der Waals surface area contributed by atoms with E-state index in [1.807, 2.05) is 22.8 Å². The van der Waals surface area contributed by atoms with E-state index in [-0.39, 0.29) is 18.0 Å². The summed E-state index contributed by atoms with van der Waals surface area (Å²) in [7, 11) is 0. The van der Waals surface area contributed by atoms with Crippen LogP contribution in [0.5, 0.6) is 0 Å². The summed E-state index contributed by atoms with van der Waals surface area (Å²) in [5.41, 5.74) is 2.50. The highest BCUT2D eigenvalue weighted by Crippen LogP contribution is 2.36. The first-order valence-electron chi connectivity index (χ1n) is 12.6. The number of fused-ring (bicyclic) bond motifs is 2. The molecule has 2 atom stereocenters. The largest absolute Gasteiger partial charge is 0.393 e. The molecule has 0 bridgehead atoms. The Bertz CT molecular complexity index is 995. The summed E-state index contributed by atoms with van der Waals surface area (Å²) in [6.45, 7) is 3.16. The summed E-state index contributed by atoms with van der Waals surface area (Å²) in [5.74, 6) is 0.812. The van der Waals surface area contributed by atoms with Crippen LogP contribution < -0.4 is 5.32 Å². The van der Waals surface area contributed by atoms with Gasteiger partial charge < -0.3 is 24.8 Å². The molecule has 5 rings (SSSR count). The van der Waals surface area contributed by atoms with E-state index in [1.54, 1.807) is 11.2 Å². The normalized spacial score (nSPS) is 24.0. The topological polar surface area (TPSA) is 90.7 Å². The molecule has 3 heterocycles. The molecule has 2 unspecified atom stereocenters.